The Morgan fingerprint density at radius 3 is 2.46 bits per heavy atom. The van der Waals surface area contributed by atoms with E-state index in [9.17, 15) is 22.8 Å². The Hall–Kier alpha value is -2.84. The number of carbonyl (C=O) groups is 2. The Labute approximate surface area is 147 Å². The van der Waals surface area contributed by atoms with Crippen molar-refractivity contribution in [3.8, 4) is 5.69 Å². The number of nitrogens with zero attached hydrogens (tertiary/aromatic N) is 3. The van der Waals surface area contributed by atoms with Crippen molar-refractivity contribution in [1.29, 1.82) is 0 Å². The summed E-state index contributed by atoms with van der Waals surface area (Å²) < 4.78 is 39.7. The molecule has 1 aliphatic heterocycles. The quantitative estimate of drug-likeness (QED) is 0.904. The summed E-state index contributed by atoms with van der Waals surface area (Å²) in [5.41, 5.74) is 4.84. The molecule has 1 fully saturated rings. The van der Waals surface area contributed by atoms with Crippen molar-refractivity contribution in [3.05, 3.63) is 47.8 Å². The van der Waals surface area contributed by atoms with Crippen LogP contribution in [0.5, 0.6) is 0 Å². The molecule has 0 aliphatic carbocycles. The van der Waals surface area contributed by atoms with Gasteiger partial charge in [-0.15, -0.1) is 0 Å². The maximum atomic E-state index is 12.8. The van der Waals surface area contributed by atoms with Gasteiger partial charge < -0.3 is 10.6 Å². The van der Waals surface area contributed by atoms with Crippen LogP contribution < -0.4 is 5.73 Å². The molecule has 0 radical (unpaired) electrons. The lowest BCUT2D eigenvalue weighted by molar-refractivity contribution is -0.137. The first kappa shape index (κ1) is 18.0. The topological polar surface area (TPSA) is 81.2 Å². The molecule has 0 spiro atoms. The number of aromatic nitrogens is 2. The number of hydrogen-bond acceptors (Lipinski definition) is 3. The fourth-order valence-electron chi connectivity index (χ4n) is 2.94. The third-order valence-corrected chi connectivity index (χ3v) is 4.43. The van der Waals surface area contributed by atoms with Crippen molar-refractivity contribution in [2.45, 2.75) is 19.0 Å². The number of rotatable bonds is 3. The van der Waals surface area contributed by atoms with Crippen molar-refractivity contribution < 1.29 is 22.8 Å². The van der Waals surface area contributed by atoms with Gasteiger partial charge in [-0.1, -0.05) is 6.07 Å². The molecule has 2 amide bonds. The third kappa shape index (κ3) is 3.71. The van der Waals surface area contributed by atoms with Crippen LogP contribution in [0.1, 0.15) is 28.9 Å². The second-order valence-electron chi connectivity index (χ2n) is 6.16. The molecule has 0 saturated carbocycles. The van der Waals surface area contributed by atoms with Crippen LogP contribution in [0, 0.1) is 5.92 Å². The van der Waals surface area contributed by atoms with Gasteiger partial charge in [-0.2, -0.15) is 18.3 Å². The average molecular weight is 366 g/mol. The summed E-state index contributed by atoms with van der Waals surface area (Å²) in [7, 11) is 0. The average Bonchev–Trinajstić information content (AvgIpc) is 3.10. The molecule has 0 bridgehead atoms. The van der Waals surface area contributed by atoms with E-state index in [-0.39, 0.29) is 29.1 Å². The fourth-order valence-corrected chi connectivity index (χ4v) is 2.94. The van der Waals surface area contributed by atoms with Crippen LogP contribution in [-0.2, 0) is 11.0 Å². The molecule has 1 aromatic heterocycles. The van der Waals surface area contributed by atoms with Crippen LogP contribution >= 0.6 is 0 Å². The number of benzene rings is 1. The Bertz CT molecular complexity index is 823. The number of piperidine rings is 1. The third-order valence-electron chi connectivity index (χ3n) is 4.43. The van der Waals surface area contributed by atoms with E-state index >= 15 is 0 Å². The van der Waals surface area contributed by atoms with Gasteiger partial charge in [0.25, 0.3) is 5.91 Å². The summed E-state index contributed by atoms with van der Waals surface area (Å²) in [4.78, 5) is 25.3. The van der Waals surface area contributed by atoms with E-state index < -0.39 is 11.7 Å². The highest BCUT2D eigenvalue weighted by Gasteiger charge is 2.31. The summed E-state index contributed by atoms with van der Waals surface area (Å²) in [6.45, 7) is 0.783. The van der Waals surface area contributed by atoms with E-state index in [4.69, 9.17) is 5.73 Å². The molecule has 138 valence electrons. The number of halogens is 3. The SMILES string of the molecule is NC(=O)C1CCN(C(=O)c2ccn(-c3cccc(C(F)(F)F)c3)n2)CC1. The zero-order valence-electron chi connectivity index (χ0n) is 13.7. The van der Waals surface area contributed by atoms with E-state index in [1.807, 2.05) is 0 Å². The molecule has 1 aliphatic rings. The number of amides is 2. The van der Waals surface area contributed by atoms with Crippen LogP contribution in [0.25, 0.3) is 5.69 Å². The fraction of sp³-hybridized carbons (Fsp3) is 0.353. The lowest BCUT2D eigenvalue weighted by atomic mass is 9.96. The number of alkyl halides is 3. The van der Waals surface area contributed by atoms with Gasteiger partial charge in [0.1, 0.15) is 0 Å². The van der Waals surface area contributed by atoms with E-state index in [1.165, 1.54) is 29.1 Å². The molecule has 2 N–H and O–H groups in total. The Morgan fingerprint density at radius 2 is 1.85 bits per heavy atom. The monoisotopic (exact) mass is 366 g/mol. The molecule has 1 saturated heterocycles. The minimum absolute atomic E-state index is 0.139. The van der Waals surface area contributed by atoms with Crippen LogP contribution in [0.15, 0.2) is 36.5 Å². The maximum Gasteiger partial charge on any atom is 0.416 e. The van der Waals surface area contributed by atoms with Gasteiger partial charge in [0.15, 0.2) is 5.69 Å². The van der Waals surface area contributed by atoms with Crippen molar-refractivity contribution >= 4 is 11.8 Å². The molecule has 6 nitrogen and oxygen atoms in total. The van der Waals surface area contributed by atoms with E-state index in [1.54, 1.807) is 4.90 Å². The molecule has 0 atom stereocenters. The molecule has 9 heteroatoms. The van der Waals surface area contributed by atoms with Crippen LogP contribution in [0.3, 0.4) is 0 Å². The summed E-state index contributed by atoms with van der Waals surface area (Å²) in [5, 5.41) is 4.10. The van der Waals surface area contributed by atoms with Gasteiger partial charge in [-0.05, 0) is 37.1 Å². The van der Waals surface area contributed by atoms with Gasteiger partial charge in [-0.3, -0.25) is 9.59 Å². The zero-order chi connectivity index (χ0) is 18.9. The second kappa shape index (κ2) is 6.81. The molecule has 1 aromatic carbocycles. The van der Waals surface area contributed by atoms with Crippen LogP contribution in [0.2, 0.25) is 0 Å². The Kier molecular flexibility index (Phi) is 4.71. The van der Waals surface area contributed by atoms with Crippen molar-refractivity contribution in [2.24, 2.45) is 11.7 Å². The summed E-state index contributed by atoms with van der Waals surface area (Å²) in [5.74, 6) is -0.925. The lowest BCUT2D eigenvalue weighted by Crippen LogP contribution is -2.41. The first-order valence-electron chi connectivity index (χ1n) is 8.07. The number of carbonyl (C=O) groups excluding carboxylic acids is 2. The molecular formula is C17H17F3N4O2. The predicted molar refractivity (Wildman–Crippen MR) is 86.4 cm³/mol. The van der Waals surface area contributed by atoms with E-state index in [0.717, 1.165) is 12.1 Å². The first-order valence-corrected chi connectivity index (χ1v) is 8.07. The maximum absolute atomic E-state index is 12.8. The largest absolute Gasteiger partial charge is 0.416 e. The highest BCUT2D eigenvalue weighted by Crippen LogP contribution is 2.30. The minimum atomic E-state index is -4.45. The Balaban J connectivity index is 1.74. The van der Waals surface area contributed by atoms with Crippen molar-refractivity contribution in [1.82, 2.24) is 14.7 Å². The van der Waals surface area contributed by atoms with Crippen LogP contribution in [0.4, 0.5) is 13.2 Å². The predicted octanol–water partition coefficient (Wildman–Crippen LogP) is 2.23. The highest BCUT2D eigenvalue weighted by molar-refractivity contribution is 5.92. The molecular weight excluding hydrogens is 349 g/mol. The standard InChI is InChI=1S/C17H17F3N4O2/c18-17(19,20)12-2-1-3-13(10-12)24-9-6-14(22-24)16(26)23-7-4-11(5-8-23)15(21)25/h1-3,6,9-11H,4-5,7-8H2,(H2,21,25). The lowest BCUT2D eigenvalue weighted by Gasteiger charge is -2.29. The molecule has 2 heterocycles. The van der Waals surface area contributed by atoms with Gasteiger partial charge in [0.05, 0.1) is 11.3 Å². The molecule has 3 rings (SSSR count). The zero-order valence-corrected chi connectivity index (χ0v) is 13.7. The van der Waals surface area contributed by atoms with Gasteiger partial charge >= 0.3 is 6.18 Å². The van der Waals surface area contributed by atoms with Gasteiger partial charge in [-0.25, -0.2) is 4.68 Å². The Morgan fingerprint density at radius 1 is 1.15 bits per heavy atom. The van der Waals surface area contributed by atoms with E-state index in [0.29, 0.717) is 25.9 Å². The second-order valence-corrected chi connectivity index (χ2v) is 6.16. The first-order chi connectivity index (χ1) is 12.3. The van der Waals surface area contributed by atoms with E-state index in [2.05, 4.69) is 5.10 Å². The van der Waals surface area contributed by atoms with Gasteiger partial charge in [0.2, 0.25) is 5.91 Å². The molecule has 0 unspecified atom stereocenters. The molecule has 2 aromatic rings. The smallest absolute Gasteiger partial charge is 0.369 e. The number of nitrogens with two attached hydrogens (primary N) is 1. The summed E-state index contributed by atoms with van der Waals surface area (Å²) in [6, 6.07) is 6.18. The summed E-state index contributed by atoms with van der Waals surface area (Å²) in [6.07, 6.45) is -2.02. The van der Waals surface area contributed by atoms with Crippen molar-refractivity contribution in [3.63, 3.8) is 0 Å². The normalized spacial score (nSPS) is 15.9. The summed E-state index contributed by atoms with van der Waals surface area (Å²) >= 11 is 0. The molecule has 26 heavy (non-hydrogen) atoms. The van der Waals surface area contributed by atoms with Crippen molar-refractivity contribution in [2.75, 3.05) is 13.1 Å². The number of likely N-dealkylation sites (tertiary alicyclic amines) is 1. The number of hydrogen-bond donors (Lipinski definition) is 1. The number of primary amides is 1. The highest BCUT2D eigenvalue weighted by atomic mass is 19.4. The minimum Gasteiger partial charge on any atom is -0.369 e. The van der Waals surface area contributed by atoms with Crippen LogP contribution in [-0.4, -0.2) is 39.6 Å². The van der Waals surface area contributed by atoms with Gasteiger partial charge in [0, 0.05) is 25.2 Å².